The number of nitrogens with zero attached hydrogens (tertiary/aromatic N) is 1. The van der Waals surface area contributed by atoms with E-state index in [1.807, 2.05) is 30.3 Å². The summed E-state index contributed by atoms with van der Waals surface area (Å²) in [6.45, 7) is 5.34. The lowest BCUT2D eigenvalue weighted by molar-refractivity contribution is 0.0467. The van der Waals surface area contributed by atoms with Crippen molar-refractivity contribution in [2.75, 3.05) is 6.54 Å². The van der Waals surface area contributed by atoms with Gasteiger partial charge in [-0.25, -0.2) is 4.79 Å². The lowest BCUT2D eigenvalue weighted by Gasteiger charge is -2.26. The van der Waals surface area contributed by atoms with Gasteiger partial charge in [-0.15, -0.1) is 0 Å². The predicted octanol–water partition coefficient (Wildman–Crippen LogP) is 3.55. The predicted molar refractivity (Wildman–Crippen MR) is 100 cm³/mol. The van der Waals surface area contributed by atoms with Gasteiger partial charge in [0.15, 0.2) is 0 Å². The first-order chi connectivity index (χ1) is 12.8. The molecule has 6 nitrogen and oxygen atoms in total. The minimum Gasteiger partial charge on any atom is -0.444 e. The zero-order chi connectivity index (χ0) is 19.6. The van der Waals surface area contributed by atoms with Crippen molar-refractivity contribution in [1.29, 1.82) is 0 Å². The Bertz CT molecular complexity index is 836. The minimum atomic E-state index is -0.652. The first kappa shape index (κ1) is 18.6. The molecule has 1 heterocycles. The molecule has 0 saturated heterocycles. The molecule has 0 aromatic heterocycles. The first-order valence-corrected chi connectivity index (χ1v) is 8.76. The number of ether oxygens (including phenoxy) is 1. The lowest BCUT2D eigenvalue weighted by Crippen LogP contribution is -2.42. The second-order valence-corrected chi connectivity index (χ2v) is 7.38. The number of hydrogen-bond donors (Lipinski definition) is 1. The van der Waals surface area contributed by atoms with Gasteiger partial charge in [-0.05, 0) is 38.5 Å². The summed E-state index contributed by atoms with van der Waals surface area (Å²) in [5.41, 5.74) is 0.888. The van der Waals surface area contributed by atoms with Gasteiger partial charge in [0.1, 0.15) is 5.60 Å². The Morgan fingerprint density at radius 2 is 1.48 bits per heavy atom. The fourth-order valence-electron chi connectivity index (χ4n) is 2.96. The molecule has 27 heavy (non-hydrogen) atoms. The van der Waals surface area contributed by atoms with Crippen LogP contribution in [0.2, 0.25) is 0 Å². The fraction of sp³-hybridized carbons (Fsp3) is 0.286. The molecule has 140 valence electrons. The molecule has 1 atom stereocenters. The maximum absolute atomic E-state index is 12.6. The van der Waals surface area contributed by atoms with Gasteiger partial charge >= 0.3 is 6.09 Å². The number of rotatable bonds is 4. The Hall–Kier alpha value is -3.15. The van der Waals surface area contributed by atoms with Gasteiger partial charge in [0, 0.05) is 0 Å². The summed E-state index contributed by atoms with van der Waals surface area (Å²) >= 11 is 0. The fourth-order valence-corrected chi connectivity index (χ4v) is 2.96. The number of benzene rings is 2. The van der Waals surface area contributed by atoms with Crippen molar-refractivity contribution in [3.05, 3.63) is 71.3 Å². The van der Waals surface area contributed by atoms with Crippen LogP contribution in [-0.2, 0) is 4.74 Å². The van der Waals surface area contributed by atoms with Crippen LogP contribution in [0, 0.1) is 0 Å². The third-order valence-electron chi connectivity index (χ3n) is 4.14. The molecule has 1 N–H and O–H groups in total. The summed E-state index contributed by atoms with van der Waals surface area (Å²) in [5.74, 6) is -0.718. The van der Waals surface area contributed by atoms with E-state index in [1.165, 1.54) is 4.90 Å². The average Bonchev–Trinajstić information content (AvgIpc) is 2.85. The maximum Gasteiger partial charge on any atom is 0.408 e. The van der Waals surface area contributed by atoms with E-state index < -0.39 is 17.7 Å². The molecule has 0 saturated carbocycles. The topological polar surface area (TPSA) is 75.7 Å². The summed E-state index contributed by atoms with van der Waals surface area (Å²) in [6, 6.07) is 15.3. The van der Waals surface area contributed by atoms with E-state index in [-0.39, 0.29) is 18.4 Å². The van der Waals surface area contributed by atoms with E-state index in [0.717, 1.165) is 5.56 Å². The van der Waals surface area contributed by atoms with Crippen LogP contribution >= 0.6 is 0 Å². The molecule has 1 aliphatic heterocycles. The number of nitrogens with one attached hydrogen (secondary N) is 1. The molecule has 0 fully saturated rings. The van der Waals surface area contributed by atoms with Crippen LogP contribution in [0.1, 0.15) is 53.1 Å². The molecule has 6 heteroatoms. The highest BCUT2D eigenvalue weighted by molar-refractivity contribution is 6.21. The van der Waals surface area contributed by atoms with Crippen LogP contribution in [0.25, 0.3) is 0 Å². The quantitative estimate of drug-likeness (QED) is 0.840. The van der Waals surface area contributed by atoms with E-state index in [9.17, 15) is 14.4 Å². The highest BCUT2D eigenvalue weighted by Crippen LogP contribution is 2.25. The second-order valence-electron chi connectivity index (χ2n) is 7.38. The SMILES string of the molecule is CC(C)(C)OC(=O)NC(CN1C(=O)c2ccccc2C1=O)c1ccccc1. The van der Waals surface area contributed by atoms with Crippen molar-refractivity contribution >= 4 is 17.9 Å². The molecule has 3 rings (SSSR count). The molecule has 3 amide bonds. The standard InChI is InChI=1S/C21H22N2O4/c1-21(2,3)27-20(26)22-17(14-9-5-4-6-10-14)13-23-18(24)15-11-7-8-12-16(15)19(23)25/h4-12,17H,13H2,1-3H3,(H,22,26). The first-order valence-electron chi connectivity index (χ1n) is 8.76. The number of alkyl carbamates (subject to hydrolysis) is 1. The number of amides is 3. The van der Waals surface area contributed by atoms with E-state index in [2.05, 4.69) is 5.32 Å². The Morgan fingerprint density at radius 3 is 2.00 bits per heavy atom. The average molecular weight is 366 g/mol. The van der Waals surface area contributed by atoms with Crippen molar-refractivity contribution in [2.45, 2.75) is 32.4 Å². The van der Waals surface area contributed by atoms with Crippen molar-refractivity contribution in [2.24, 2.45) is 0 Å². The van der Waals surface area contributed by atoms with Gasteiger partial charge in [-0.3, -0.25) is 14.5 Å². The molecular weight excluding hydrogens is 344 g/mol. The lowest BCUT2D eigenvalue weighted by atomic mass is 10.1. The van der Waals surface area contributed by atoms with Gasteiger partial charge in [-0.1, -0.05) is 42.5 Å². The van der Waals surface area contributed by atoms with E-state index in [4.69, 9.17) is 4.74 Å². The molecule has 0 bridgehead atoms. The van der Waals surface area contributed by atoms with Gasteiger partial charge in [0.2, 0.25) is 0 Å². The van der Waals surface area contributed by atoms with E-state index in [1.54, 1.807) is 45.0 Å². The number of carbonyl (C=O) groups excluding carboxylic acids is 3. The molecule has 1 aliphatic rings. The zero-order valence-corrected chi connectivity index (χ0v) is 15.6. The molecule has 1 unspecified atom stereocenters. The molecule has 0 spiro atoms. The summed E-state index contributed by atoms with van der Waals surface area (Å²) in [6.07, 6.45) is -0.604. The van der Waals surface area contributed by atoms with Crippen molar-refractivity contribution in [3.63, 3.8) is 0 Å². The largest absolute Gasteiger partial charge is 0.444 e. The van der Waals surface area contributed by atoms with Gasteiger partial charge in [-0.2, -0.15) is 0 Å². The van der Waals surface area contributed by atoms with Crippen molar-refractivity contribution in [3.8, 4) is 0 Å². The number of hydrogen-bond acceptors (Lipinski definition) is 4. The van der Waals surface area contributed by atoms with Crippen molar-refractivity contribution in [1.82, 2.24) is 10.2 Å². The van der Waals surface area contributed by atoms with Crippen molar-refractivity contribution < 1.29 is 19.1 Å². The van der Waals surface area contributed by atoms with E-state index >= 15 is 0 Å². The number of carbonyl (C=O) groups is 3. The van der Waals surface area contributed by atoms with Gasteiger partial charge < -0.3 is 10.1 Å². The molecule has 0 aliphatic carbocycles. The number of fused-ring (bicyclic) bond motifs is 1. The third-order valence-corrected chi connectivity index (χ3v) is 4.14. The van der Waals surface area contributed by atoms with Crippen LogP contribution in [0.15, 0.2) is 54.6 Å². The number of imide groups is 1. The monoisotopic (exact) mass is 366 g/mol. The zero-order valence-electron chi connectivity index (χ0n) is 15.6. The summed E-state index contributed by atoms with van der Waals surface area (Å²) < 4.78 is 5.33. The van der Waals surface area contributed by atoms with Crippen LogP contribution in [-0.4, -0.2) is 35.0 Å². The summed E-state index contributed by atoms with van der Waals surface area (Å²) in [4.78, 5) is 38.7. The summed E-state index contributed by atoms with van der Waals surface area (Å²) in [5, 5.41) is 2.78. The molecule has 2 aromatic rings. The molecule has 2 aromatic carbocycles. The van der Waals surface area contributed by atoms with Gasteiger partial charge in [0.25, 0.3) is 11.8 Å². The second kappa shape index (κ2) is 7.23. The maximum atomic E-state index is 12.6. The van der Waals surface area contributed by atoms with E-state index in [0.29, 0.717) is 11.1 Å². The highest BCUT2D eigenvalue weighted by Gasteiger charge is 2.37. The third kappa shape index (κ3) is 4.16. The van der Waals surface area contributed by atoms with Crippen LogP contribution in [0.3, 0.4) is 0 Å². The summed E-state index contributed by atoms with van der Waals surface area (Å²) in [7, 11) is 0. The Labute approximate surface area is 158 Å². The Balaban J connectivity index is 1.83. The molecular formula is C21H22N2O4. The van der Waals surface area contributed by atoms with Crippen LogP contribution < -0.4 is 5.32 Å². The Morgan fingerprint density at radius 1 is 0.963 bits per heavy atom. The Kier molecular flexibility index (Phi) is 4.99. The normalized spacial score (nSPS) is 14.7. The highest BCUT2D eigenvalue weighted by atomic mass is 16.6. The van der Waals surface area contributed by atoms with Crippen LogP contribution in [0.4, 0.5) is 4.79 Å². The minimum absolute atomic E-state index is 0.0234. The van der Waals surface area contributed by atoms with Gasteiger partial charge in [0.05, 0.1) is 23.7 Å². The molecule has 0 radical (unpaired) electrons. The van der Waals surface area contributed by atoms with Crippen LogP contribution in [0.5, 0.6) is 0 Å². The smallest absolute Gasteiger partial charge is 0.408 e.